The van der Waals surface area contributed by atoms with Crippen LogP contribution >= 0.6 is 0 Å². The molecule has 0 saturated carbocycles. The molecule has 0 atom stereocenters. The SMILES string of the molecule is Cc1ccc(-c2ccc(-c3ccc(N(c4ccccc4)c4cccc(C5=CCCC=C5)c4)cc3)cc2)cc1. The first-order valence-corrected chi connectivity index (χ1v) is 13.3. The van der Waals surface area contributed by atoms with E-state index in [2.05, 4.69) is 157 Å². The number of nitrogens with zero attached hydrogens (tertiary/aromatic N) is 1. The molecule has 1 aliphatic rings. The van der Waals surface area contributed by atoms with E-state index >= 15 is 0 Å². The van der Waals surface area contributed by atoms with Crippen molar-refractivity contribution in [3.63, 3.8) is 0 Å². The van der Waals surface area contributed by atoms with Gasteiger partial charge in [0.25, 0.3) is 0 Å². The molecule has 0 fully saturated rings. The van der Waals surface area contributed by atoms with Crippen LogP contribution in [-0.2, 0) is 0 Å². The van der Waals surface area contributed by atoms with Crippen molar-refractivity contribution in [1.29, 1.82) is 0 Å². The standard InChI is InChI=1S/C37H31N/c1-28-15-17-30(18-16-28)31-19-21-32(22-20-31)33-23-25-36(26-24-33)38(35-12-6-3-7-13-35)37-14-8-11-34(27-37)29-9-4-2-5-10-29/h3-4,6-27H,2,5H2,1H3. The highest BCUT2D eigenvalue weighted by Crippen LogP contribution is 2.37. The minimum Gasteiger partial charge on any atom is -0.310 e. The first-order valence-electron chi connectivity index (χ1n) is 13.3. The molecule has 6 rings (SSSR count). The van der Waals surface area contributed by atoms with E-state index in [-0.39, 0.29) is 0 Å². The van der Waals surface area contributed by atoms with Gasteiger partial charge in [-0.3, -0.25) is 0 Å². The fourth-order valence-corrected chi connectivity index (χ4v) is 5.08. The van der Waals surface area contributed by atoms with Crippen LogP contribution in [0.25, 0.3) is 27.8 Å². The van der Waals surface area contributed by atoms with Crippen molar-refractivity contribution in [3.05, 3.63) is 157 Å². The van der Waals surface area contributed by atoms with E-state index in [1.165, 1.54) is 39.0 Å². The Balaban J connectivity index is 1.32. The van der Waals surface area contributed by atoms with Crippen LogP contribution in [0.15, 0.2) is 146 Å². The van der Waals surface area contributed by atoms with Crippen molar-refractivity contribution >= 4 is 22.6 Å². The molecule has 38 heavy (non-hydrogen) atoms. The van der Waals surface area contributed by atoms with Crippen molar-refractivity contribution in [2.45, 2.75) is 19.8 Å². The number of aryl methyl sites for hydroxylation is 1. The topological polar surface area (TPSA) is 3.24 Å². The van der Waals surface area contributed by atoms with Gasteiger partial charge in [0.15, 0.2) is 0 Å². The summed E-state index contributed by atoms with van der Waals surface area (Å²) in [6, 6.07) is 45.9. The Kier molecular flexibility index (Phi) is 6.74. The number of para-hydroxylation sites is 1. The van der Waals surface area contributed by atoms with Gasteiger partial charge < -0.3 is 4.90 Å². The van der Waals surface area contributed by atoms with Crippen LogP contribution in [0.1, 0.15) is 24.0 Å². The Hall–Kier alpha value is -4.62. The zero-order chi connectivity index (χ0) is 25.7. The summed E-state index contributed by atoms with van der Waals surface area (Å²) in [4.78, 5) is 2.33. The number of benzene rings is 5. The molecule has 1 nitrogen and oxygen atoms in total. The van der Waals surface area contributed by atoms with Crippen LogP contribution in [0.5, 0.6) is 0 Å². The summed E-state index contributed by atoms with van der Waals surface area (Å²) in [6.45, 7) is 2.12. The number of hydrogen-bond acceptors (Lipinski definition) is 1. The van der Waals surface area contributed by atoms with Gasteiger partial charge in [-0.2, -0.15) is 0 Å². The maximum atomic E-state index is 2.34. The minimum atomic E-state index is 1.10. The van der Waals surface area contributed by atoms with Crippen molar-refractivity contribution in [1.82, 2.24) is 0 Å². The Morgan fingerprint density at radius 3 is 1.63 bits per heavy atom. The molecule has 5 aromatic carbocycles. The molecule has 0 saturated heterocycles. The average Bonchev–Trinajstić information content (AvgIpc) is 2.99. The quantitative estimate of drug-likeness (QED) is 0.229. The second-order valence-corrected chi connectivity index (χ2v) is 9.85. The predicted octanol–water partition coefficient (Wildman–Crippen LogP) is 10.5. The van der Waals surface area contributed by atoms with Crippen LogP contribution < -0.4 is 4.90 Å². The maximum absolute atomic E-state index is 2.34. The second kappa shape index (κ2) is 10.8. The maximum Gasteiger partial charge on any atom is 0.0467 e. The molecule has 0 unspecified atom stereocenters. The first-order chi connectivity index (χ1) is 18.7. The molecular weight excluding hydrogens is 458 g/mol. The van der Waals surface area contributed by atoms with Gasteiger partial charge >= 0.3 is 0 Å². The molecule has 0 aliphatic heterocycles. The van der Waals surface area contributed by atoms with Crippen LogP contribution in [-0.4, -0.2) is 0 Å². The molecule has 0 spiro atoms. The average molecular weight is 490 g/mol. The molecule has 0 heterocycles. The van der Waals surface area contributed by atoms with Gasteiger partial charge in [0.2, 0.25) is 0 Å². The van der Waals surface area contributed by atoms with E-state index in [9.17, 15) is 0 Å². The van der Waals surface area contributed by atoms with Crippen LogP contribution in [0, 0.1) is 6.92 Å². The van der Waals surface area contributed by atoms with Crippen LogP contribution in [0.3, 0.4) is 0 Å². The molecule has 1 heteroatoms. The van der Waals surface area contributed by atoms with Gasteiger partial charge in [0, 0.05) is 17.1 Å². The number of rotatable bonds is 6. The summed E-state index contributed by atoms with van der Waals surface area (Å²) in [6.07, 6.45) is 9.08. The highest BCUT2D eigenvalue weighted by atomic mass is 15.1. The number of allylic oxidation sites excluding steroid dienone is 4. The smallest absolute Gasteiger partial charge is 0.0467 e. The van der Waals surface area contributed by atoms with Gasteiger partial charge in [-0.1, -0.05) is 115 Å². The Bertz CT molecular complexity index is 1570. The van der Waals surface area contributed by atoms with E-state index in [1.54, 1.807) is 0 Å². The highest BCUT2D eigenvalue weighted by molar-refractivity contribution is 5.82. The summed E-state index contributed by atoms with van der Waals surface area (Å²) in [5, 5.41) is 0. The molecule has 0 aromatic heterocycles. The zero-order valence-electron chi connectivity index (χ0n) is 21.7. The summed E-state index contributed by atoms with van der Waals surface area (Å²) in [7, 11) is 0. The van der Waals surface area contributed by atoms with Crippen LogP contribution in [0.2, 0.25) is 0 Å². The van der Waals surface area contributed by atoms with Gasteiger partial charge in [0.05, 0.1) is 0 Å². The lowest BCUT2D eigenvalue weighted by molar-refractivity contribution is 1.04. The molecule has 5 aromatic rings. The minimum absolute atomic E-state index is 1.10. The molecule has 0 N–H and O–H groups in total. The Labute approximate surface area is 226 Å². The van der Waals surface area contributed by atoms with E-state index in [0.717, 1.165) is 29.9 Å². The lowest BCUT2D eigenvalue weighted by atomic mass is 9.98. The van der Waals surface area contributed by atoms with E-state index in [0.29, 0.717) is 0 Å². The van der Waals surface area contributed by atoms with Crippen molar-refractivity contribution < 1.29 is 0 Å². The summed E-state index contributed by atoms with van der Waals surface area (Å²) >= 11 is 0. The number of anilines is 3. The summed E-state index contributed by atoms with van der Waals surface area (Å²) in [5.41, 5.74) is 12.2. The first kappa shape index (κ1) is 23.8. The fraction of sp³-hybridized carbons (Fsp3) is 0.0811. The molecular formula is C37H31N. The largest absolute Gasteiger partial charge is 0.310 e. The van der Waals surface area contributed by atoms with Crippen molar-refractivity contribution in [2.24, 2.45) is 0 Å². The highest BCUT2D eigenvalue weighted by Gasteiger charge is 2.14. The Morgan fingerprint density at radius 2 is 1.03 bits per heavy atom. The van der Waals surface area contributed by atoms with E-state index in [4.69, 9.17) is 0 Å². The van der Waals surface area contributed by atoms with E-state index < -0.39 is 0 Å². The number of hydrogen-bond donors (Lipinski definition) is 0. The van der Waals surface area contributed by atoms with Crippen LogP contribution in [0.4, 0.5) is 17.1 Å². The zero-order valence-corrected chi connectivity index (χ0v) is 21.7. The molecule has 0 radical (unpaired) electrons. The Morgan fingerprint density at radius 1 is 0.474 bits per heavy atom. The molecule has 1 aliphatic carbocycles. The summed E-state index contributed by atoms with van der Waals surface area (Å²) < 4.78 is 0. The third kappa shape index (κ3) is 5.10. The molecule has 0 amide bonds. The van der Waals surface area contributed by atoms with Crippen molar-refractivity contribution in [3.8, 4) is 22.3 Å². The fourth-order valence-electron chi connectivity index (χ4n) is 5.08. The third-order valence-corrected chi connectivity index (χ3v) is 7.18. The van der Waals surface area contributed by atoms with E-state index in [1.807, 2.05) is 0 Å². The van der Waals surface area contributed by atoms with Gasteiger partial charge in [-0.25, -0.2) is 0 Å². The third-order valence-electron chi connectivity index (χ3n) is 7.18. The predicted molar refractivity (Wildman–Crippen MR) is 163 cm³/mol. The monoisotopic (exact) mass is 489 g/mol. The molecule has 0 bridgehead atoms. The molecule has 184 valence electrons. The summed E-state index contributed by atoms with van der Waals surface area (Å²) in [5.74, 6) is 0. The van der Waals surface area contributed by atoms with Gasteiger partial charge in [0.1, 0.15) is 0 Å². The lowest BCUT2D eigenvalue weighted by Gasteiger charge is -2.26. The van der Waals surface area contributed by atoms with Gasteiger partial charge in [-0.15, -0.1) is 0 Å². The van der Waals surface area contributed by atoms with Crippen molar-refractivity contribution in [2.75, 3.05) is 4.90 Å². The van der Waals surface area contributed by atoms with Gasteiger partial charge in [-0.05, 0) is 89.6 Å². The second-order valence-electron chi connectivity index (χ2n) is 9.85. The normalized spacial score (nSPS) is 12.7. The lowest BCUT2D eigenvalue weighted by Crippen LogP contribution is -2.10.